The number of carbonyl (C=O) groups is 1. The second-order valence-electron chi connectivity index (χ2n) is 7.25. The van der Waals surface area contributed by atoms with Gasteiger partial charge in [0.2, 0.25) is 0 Å². The van der Waals surface area contributed by atoms with Gasteiger partial charge in [-0.15, -0.1) is 0 Å². The number of likely N-dealkylation sites (N-methyl/N-ethyl adjacent to an activating group) is 1. The van der Waals surface area contributed by atoms with E-state index >= 15 is 0 Å². The Labute approximate surface area is 176 Å². The number of halogens is 1. The SMILES string of the molecule is CCCCc1oc2ccccc2c1C(=O)Nc1ccc(OCCN(C)C)c(Cl)c1. The molecular formula is C23H27ClN2O3. The molecule has 0 saturated carbocycles. The summed E-state index contributed by atoms with van der Waals surface area (Å²) in [6.07, 6.45) is 2.72. The van der Waals surface area contributed by atoms with Gasteiger partial charge in [-0.1, -0.05) is 43.1 Å². The molecule has 0 aliphatic heterocycles. The lowest BCUT2D eigenvalue weighted by Crippen LogP contribution is -2.19. The third kappa shape index (κ3) is 5.31. The molecule has 1 aromatic heterocycles. The first-order valence-corrected chi connectivity index (χ1v) is 10.3. The van der Waals surface area contributed by atoms with Crippen LogP contribution in [-0.4, -0.2) is 38.1 Å². The smallest absolute Gasteiger partial charge is 0.259 e. The Morgan fingerprint density at radius 3 is 2.72 bits per heavy atom. The number of carbonyl (C=O) groups excluding carboxylic acids is 1. The molecule has 1 amide bonds. The van der Waals surface area contributed by atoms with E-state index in [1.807, 2.05) is 43.3 Å². The Morgan fingerprint density at radius 1 is 1.21 bits per heavy atom. The fourth-order valence-electron chi connectivity index (χ4n) is 3.09. The molecular weight excluding hydrogens is 388 g/mol. The van der Waals surface area contributed by atoms with Crippen molar-refractivity contribution in [2.24, 2.45) is 0 Å². The molecule has 3 aromatic rings. The van der Waals surface area contributed by atoms with Crippen molar-refractivity contribution in [3.8, 4) is 5.75 Å². The van der Waals surface area contributed by atoms with Crippen molar-refractivity contribution >= 4 is 34.2 Å². The lowest BCUT2D eigenvalue weighted by Gasteiger charge is -2.13. The van der Waals surface area contributed by atoms with E-state index in [-0.39, 0.29) is 5.91 Å². The number of ether oxygens (including phenoxy) is 1. The quantitative estimate of drug-likeness (QED) is 0.493. The summed E-state index contributed by atoms with van der Waals surface area (Å²) in [6, 6.07) is 12.9. The number of benzene rings is 2. The Balaban J connectivity index is 1.79. The summed E-state index contributed by atoms with van der Waals surface area (Å²) >= 11 is 6.34. The normalized spacial score (nSPS) is 11.2. The number of fused-ring (bicyclic) bond motifs is 1. The van der Waals surface area contributed by atoms with Gasteiger partial charge in [-0.3, -0.25) is 4.79 Å². The number of amides is 1. The highest BCUT2D eigenvalue weighted by molar-refractivity contribution is 6.32. The van der Waals surface area contributed by atoms with Crippen molar-refractivity contribution in [2.75, 3.05) is 32.6 Å². The molecule has 0 unspecified atom stereocenters. The van der Waals surface area contributed by atoms with Crippen LogP contribution in [0.25, 0.3) is 11.0 Å². The predicted octanol–water partition coefficient (Wildman–Crippen LogP) is 5.62. The van der Waals surface area contributed by atoms with Crippen LogP contribution in [0, 0.1) is 0 Å². The molecule has 29 heavy (non-hydrogen) atoms. The number of hydrogen-bond donors (Lipinski definition) is 1. The van der Waals surface area contributed by atoms with Gasteiger partial charge in [0.05, 0.1) is 10.6 Å². The van der Waals surface area contributed by atoms with E-state index in [1.165, 1.54) is 0 Å². The zero-order valence-electron chi connectivity index (χ0n) is 17.1. The highest BCUT2D eigenvalue weighted by atomic mass is 35.5. The van der Waals surface area contributed by atoms with Crippen molar-refractivity contribution in [1.29, 1.82) is 0 Å². The van der Waals surface area contributed by atoms with Crippen molar-refractivity contribution in [1.82, 2.24) is 4.90 Å². The summed E-state index contributed by atoms with van der Waals surface area (Å²) in [6.45, 7) is 3.45. The molecule has 0 bridgehead atoms. The van der Waals surface area contributed by atoms with E-state index < -0.39 is 0 Å². The summed E-state index contributed by atoms with van der Waals surface area (Å²) < 4.78 is 11.7. The van der Waals surface area contributed by atoms with Crippen LogP contribution in [-0.2, 0) is 6.42 Å². The molecule has 154 valence electrons. The third-order valence-electron chi connectivity index (χ3n) is 4.64. The van der Waals surface area contributed by atoms with E-state index in [1.54, 1.807) is 18.2 Å². The molecule has 5 nitrogen and oxygen atoms in total. The molecule has 0 aliphatic rings. The predicted molar refractivity (Wildman–Crippen MR) is 118 cm³/mol. The molecule has 1 heterocycles. The zero-order valence-corrected chi connectivity index (χ0v) is 17.9. The van der Waals surface area contributed by atoms with Gasteiger partial charge in [0.15, 0.2) is 0 Å². The van der Waals surface area contributed by atoms with Gasteiger partial charge in [-0.2, -0.15) is 0 Å². The molecule has 2 aromatic carbocycles. The number of para-hydroxylation sites is 1. The minimum atomic E-state index is -0.196. The fourth-order valence-corrected chi connectivity index (χ4v) is 3.32. The van der Waals surface area contributed by atoms with Crippen molar-refractivity contribution in [2.45, 2.75) is 26.2 Å². The second kappa shape index (κ2) is 9.81. The lowest BCUT2D eigenvalue weighted by molar-refractivity contribution is 0.102. The van der Waals surface area contributed by atoms with Gasteiger partial charge in [-0.25, -0.2) is 0 Å². The highest BCUT2D eigenvalue weighted by Gasteiger charge is 2.20. The van der Waals surface area contributed by atoms with Gasteiger partial charge in [0.25, 0.3) is 5.91 Å². The van der Waals surface area contributed by atoms with Crippen LogP contribution in [0.5, 0.6) is 5.75 Å². The number of unbranched alkanes of at least 4 members (excludes halogenated alkanes) is 1. The van der Waals surface area contributed by atoms with Crippen LogP contribution in [0.15, 0.2) is 46.9 Å². The first-order valence-electron chi connectivity index (χ1n) is 9.88. The maximum Gasteiger partial charge on any atom is 0.259 e. The van der Waals surface area contributed by atoms with Gasteiger partial charge in [0, 0.05) is 24.0 Å². The van der Waals surface area contributed by atoms with Crippen LogP contribution in [0.3, 0.4) is 0 Å². The number of aryl methyl sites for hydroxylation is 1. The Morgan fingerprint density at radius 2 is 2.00 bits per heavy atom. The molecule has 1 N–H and O–H groups in total. The maximum absolute atomic E-state index is 13.1. The molecule has 0 saturated heterocycles. The van der Waals surface area contributed by atoms with Crippen molar-refractivity contribution in [3.05, 3.63) is 58.8 Å². The number of rotatable bonds is 9. The third-order valence-corrected chi connectivity index (χ3v) is 4.93. The van der Waals surface area contributed by atoms with E-state index in [2.05, 4.69) is 12.2 Å². The van der Waals surface area contributed by atoms with Crippen LogP contribution in [0.4, 0.5) is 5.69 Å². The summed E-state index contributed by atoms with van der Waals surface area (Å²) in [4.78, 5) is 15.1. The Hall–Kier alpha value is -2.50. The first kappa shape index (κ1) is 21.2. The van der Waals surface area contributed by atoms with Gasteiger partial charge in [-0.05, 0) is 44.8 Å². The van der Waals surface area contributed by atoms with E-state index in [0.29, 0.717) is 28.6 Å². The van der Waals surface area contributed by atoms with Crippen LogP contribution in [0.1, 0.15) is 35.9 Å². The van der Waals surface area contributed by atoms with Gasteiger partial charge >= 0.3 is 0 Å². The summed E-state index contributed by atoms with van der Waals surface area (Å²) in [7, 11) is 3.97. The van der Waals surface area contributed by atoms with E-state index in [4.69, 9.17) is 20.8 Å². The molecule has 6 heteroatoms. The number of nitrogens with zero attached hydrogens (tertiary/aromatic N) is 1. The first-order chi connectivity index (χ1) is 14.0. The van der Waals surface area contributed by atoms with Crippen LogP contribution in [0.2, 0.25) is 5.02 Å². The summed E-state index contributed by atoms with van der Waals surface area (Å²) in [5.41, 5.74) is 1.94. The van der Waals surface area contributed by atoms with E-state index in [9.17, 15) is 4.79 Å². The largest absolute Gasteiger partial charge is 0.491 e. The summed E-state index contributed by atoms with van der Waals surface area (Å²) in [5, 5.41) is 4.24. The molecule has 3 rings (SSSR count). The van der Waals surface area contributed by atoms with Gasteiger partial charge < -0.3 is 19.4 Å². The Kier molecular flexibility index (Phi) is 7.18. The minimum absolute atomic E-state index is 0.196. The number of furan rings is 1. The molecule has 0 fully saturated rings. The number of hydrogen-bond acceptors (Lipinski definition) is 4. The lowest BCUT2D eigenvalue weighted by atomic mass is 10.1. The molecule has 0 spiro atoms. The fraction of sp³-hybridized carbons (Fsp3) is 0.348. The average molecular weight is 415 g/mol. The zero-order chi connectivity index (χ0) is 20.8. The number of nitrogens with one attached hydrogen (secondary N) is 1. The van der Waals surface area contributed by atoms with Crippen molar-refractivity contribution in [3.63, 3.8) is 0 Å². The second-order valence-corrected chi connectivity index (χ2v) is 7.66. The Bertz CT molecular complexity index is 981. The van der Waals surface area contributed by atoms with Crippen LogP contribution < -0.4 is 10.1 Å². The minimum Gasteiger partial charge on any atom is -0.491 e. The maximum atomic E-state index is 13.1. The number of anilines is 1. The molecule has 0 radical (unpaired) electrons. The van der Waals surface area contributed by atoms with E-state index in [0.717, 1.165) is 42.5 Å². The molecule has 0 aliphatic carbocycles. The topological polar surface area (TPSA) is 54.7 Å². The van der Waals surface area contributed by atoms with Crippen LogP contribution >= 0.6 is 11.6 Å². The highest BCUT2D eigenvalue weighted by Crippen LogP contribution is 2.30. The standard InChI is InChI=1S/C23H27ClN2O3/c1-4-5-9-21-22(17-8-6-7-10-19(17)29-21)23(27)25-16-11-12-20(18(24)15-16)28-14-13-26(2)3/h6-8,10-12,15H,4-5,9,13-14H2,1-3H3,(H,25,27). The average Bonchev–Trinajstić information content (AvgIpc) is 3.06. The summed E-state index contributed by atoms with van der Waals surface area (Å²) in [5.74, 6) is 1.13. The van der Waals surface area contributed by atoms with Gasteiger partial charge in [0.1, 0.15) is 23.7 Å². The molecule has 0 atom stereocenters. The van der Waals surface area contributed by atoms with Crippen molar-refractivity contribution < 1.29 is 13.9 Å². The monoisotopic (exact) mass is 414 g/mol.